The Morgan fingerprint density at radius 2 is 1.84 bits per heavy atom. The fourth-order valence-electron chi connectivity index (χ4n) is 3.72. The quantitative estimate of drug-likeness (QED) is 0.894. The summed E-state index contributed by atoms with van der Waals surface area (Å²) >= 11 is 0. The summed E-state index contributed by atoms with van der Waals surface area (Å²) in [5, 5.41) is 2.96. The van der Waals surface area contributed by atoms with Gasteiger partial charge in [0.15, 0.2) is 0 Å². The Labute approximate surface area is 150 Å². The molecule has 2 saturated heterocycles. The van der Waals surface area contributed by atoms with Gasteiger partial charge in [-0.05, 0) is 57.5 Å². The average molecular weight is 343 g/mol. The first kappa shape index (κ1) is 17.9. The third-order valence-corrected chi connectivity index (χ3v) is 5.23. The first-order valence-corrected chi connectivity index (χ1v) is 9.44. The van der Waals surface area contributed by atoms with Crippen molar-refractivity contribution in [3.8, 4) is 0 Å². The van der Waals surface area contributed by atoms with Crippen LogP contribution < -0.4 is 5.32 Å². The van der Waals surface area contributed by atoms with Gasteiger partial charge in [0.05, 0.1) is 5.92 Å². The number of anilines is 1. The lowest BCUT2D eigenvalue weighted by molar-refractivity contribution is -0.129. The minimum absolute atomic E-state index is 0.0553. The van der Waals surface area contributed by atoms with Crippen LogP contribution in [0.2, 0.25) is 0 Å². The summed E-state index contributed by atoms with van der Waals surface area (Å²) < 4.78 is 0. The Kier molecular flexibility index (Phi) is 5.74. The fourth-order valence-corrected chi connectivity index (χ4v) is 3.72. The van der Waals surface area contributed by atoms with Crippen LogP contribution in [0, 0.1) is 5.92 Å². The van der Waals surface area contributed by atoms with E-state index < -0.39 is 0 Å². The number of amides is 2. The lowest BCUT2D eigenvalue weighted by Crippen LogP contribution is -2.33. The van der Waals surface area contributed by atoms with Crippen molar-refractivity contribution in [1.82, 2.24) is 9.80 Å². The molecule has 0 radical (unpaired) electrons. The van der Waals surface area contributed by atoms with Gasteiger partial charge in [-0.2, -0.15) is 0 Å². The van der Waals surface area contributed by atoms with E-state index in [9.17, 15) is 9.59 Å². The summed E-state index contributed by atoms with van der Waals surface area (Å²) in [5.41, 5.74) is 2.09. The van der Waals surface area contributed by atoms with E-state index in [0.717, 1.165) is 12.2 Å². The molecule has 3 rings (SSSR count). The predicted octanol–water partition coefficient (Wildman–Crippen LogP) is 2.87. The van der Waals surface area contributed by atoms with Crippen LogP contribution in [-0.4, -0.2) is 47.3 Å². The van der Waals surface area contributed by atoms with E-state index in [4.69, 9.17) is 0 Å². The number of piperidine rings is 1. The molecular weight excluding hydrogens is 314 g/mol. The van der Waals surface area contributed by atoms with E-state index in [1.807, 2.05) is 26.0 Å². The number of nitrogens with one attached hydrogen (secondary N) is 1. The van der Waals surface area contributed by atoms with Gasteiger partial charge in [-0.25, -0.2) is 0 Å². The normalized spacial score (nSPS) is 21.8. The van der Waals surface area contributed by atoms with Gasteiger partial charge < -0.3 is 10.2 Å². The van der Waals surface area contributed by atoms with Crippen molar-refractivity contribution in [3.63, 3.8) is 0 Å². The van der Waals surface area contributed by atoms with Gasteiger partial charge in [0, 0.05) is 31.2 Å². The molecule has 2 amide bonds. The molecule has 0 bridgehead atoms. The van der Waals surface area contributed by atoms with Crippen LogP contribution in [0.5, 0.6) is 0 Å². The molecule has 2 aliphatic rings. The standard InChI is InChI=1S/C20H29N3O2/c1-15(2)23-14-17(12-19(23)24)20(25)21-18-8-6-16(7-9-18)13-22-10-4-3-5-11-22/h6-9,15,17H,3-5,10-14H2,1-2H3,(H,21,25). The van der Waals surface area contributed by atoms with Gasteiger partial charge in [-0.1, -0.05) is 18.6 Å². The van der Waals surface area contributed by atoms with Gasteiger partial charge in [-0.15, -0.1) is 0 Å². The third-order valence-electron chi connectivity index (χ3n) is 5.23. The molecule has 1 aromatic rings. The first-order valence-electron chi connectivity index (χ1n) is 9.44. The number of likely N-dealkylation sites (tertiary alicyclic amines) is 2. The highest BCUT2D eigenvalue weighted by Crippen LogP contribution is 2.22. The van der Waals surface area contributed by atoms with E-state index in [1.54, 1.807) is 4.90 Å². The molecule has 0 saturated carbocycles. The van der Waals surface area contributed by atoms with E-state index in [-0.39, 0.29) is 23.8 Å². The molecule has 0 aromatic heterocycles. The number of nitrogens with zero attached hydrogens (tertiary/aromatic N) is 2. The highest BCUT2D eigenvalue weighted by Gasteiger charge is 2.35. The number of carbonyl (C=O) groups is 2. The van der Waals surface area contributed by atoms with Crippen molar-refractivity contribution < 1.29 is 9.59 Å². The molecule has 1 N–H and O–H groups in total. The van der Waals surface area contributed by atoms with Crippen LogP contribution in [0.3, 0.4) is 0 Å². The second-order valence-electron chi connectivity index (χ2n) is 7.56. The smallest absolute Gasteiger partial charge is 0.229 e. The molecule has 25 heavy (non-hydrogen) atoms. The van der Waals surface area contributed by atoms with Crippen LogP contribution >= 0.6 is 0 Å². The van der Waals surface area contributed by atoms with Crippen molar-refractivity contribution in [2.24, 2.45) is 5.92 Å². The number of carbonyl (C=O) groups excluding carboxylic acids is 2. The molecule has 5 nitrogen and oxygen atoms in total. The van der Waals surface area contributed by atoms with Crippen molar-refractivity contribution in [2.45, 2.75) is 52.1 Å². The predicted molar refractivity (Wildman–Crippen MR) is 99.2 cm³/mol. The SMILES string of the molecule is CC(C)N1CC(C(=O)Nc2ccc(CN3CCCCC3)cc2)CC1=O. The molecule has 136 valence electrons. The Morgan fingerprint density at radius 1 is 1.16 bits per heavy atom. The van der Waals surface area contributed by atoms with Crippen molar-refractivity contribution in [3.05, 3.63) is 29.8 Å². The average Bonchev–Trinajstić information content (AvgIpc) is 3.00. The van der Waals surface area contributed by atoms with Crippen LogP contribution in [-0.2, 0) is 16.1 Å². The monoisotopic (exact) mass is 343 g/mol. The van der Waals surface area contributed by atoms with Crippen LogP contribution in [0.25, 0.3) is 0 Å². The van der Waals surface area contributed by atoms with Crippen molar-refractivity contribution >= 4 is 17.5 Å². The summed E-state index contributed by atoms with van der Waals surface area (Å²) in [5.74, 6) is -0.227. The summed E-state index contributed by atoms with van der Waals surface area (Å²) in [4.78, 5) is 28.7. The maximum Gasteiger partial charge on any atom is 0.229 e. The van der Waals surface area contributed by atoms with E-state index >= 15 is 0 Å². The first-order chi connectivity index (χ1) is 12.0. The maximum atomic E-state index is 12.4. The minimum Gasteiger partial charge on any atom is -0.339 e. The number of benzene rings is 1. The molecule has 1 unspecified atom stereocenters. The number of hydrogen-bond acceptors (Lipinski definition) is 3. The van der Waals surface area contributed by atoms with E-state index in [1.165, 1.54) is 37.9 Å². The molecule has 1 aromatic carbocycles. The highest BCUT2D eigenvalue weighted by atomic mass is 16.2. The van der Waals surface area contributed by atoms with Crippen LogP contribution in [0.1, 0.15) is 45.1 Å². The Morgan fingerprint density at radius 3 is 2.44 bits per heavy atom. The Balaban J connectivity index is 1.52. The summed E-state index contributed by atoms with van der Waals surface area (Å²) in [6.07, 6.45) is 4.25. The summed E-state index contributed by atoms with van der Waals surface area (Å²) in [6.45, 7) is 7.84. The van der Waals surface area contributed by atoms with Gasteiger partial charge in [0.25, 0.3) is 0 Å². The lowest BCUT2D eigenvalue weighted by Gasteiger charge is -2.26. The van der Waals surface area contributed by atoms with Crippen LogP contribution in [0.4, 0.5) is 5.69 Å². The zero-order valence-electron chi connectivity index (χ0n) is 15.3. The Bertz CT molecular complexity index is 606. The fraction of sp³-hybridized carbons (Fsp3) is 0.600. The van der Waals surface area contributed by atoms with Gasteiger partial charge in [0.1, 0.15) is 0 Å². The molecule has 2 aliphatic heterocycles. The summed E-state index contributed by atoms with van der Waals surface area (Å²) in [6, 6.07) is 8.26. The van der Waals surface area contributed by atoms with Gasteiger partial charge >= 0.3 is 0 Å². The zero-order chi connectivity index (χ0) is 17.8. The molecule has 2 heterocycles. The maximum absolute atomic E-state index is 12.4. The second kappa shape index (κ2) is 8.00. The second-order valence-corrected chi connectivity index (χ2v) is 7.56. The minimum atomic E-state index is -0.247. The van der Waals surface area contributed by atoms with Crippen molar-refractivity contribution in [1.29, 1.82) is 0 Å². The van der Waals surface area contributed by atoms with Crippen molar-refractivity contribution in [2.75, 3.05) is 25.0 Å². The van der Waals surface area contributed by atoms with E-state index in [0.29, 0.717) is 13.0 Å². The third kappa shape index (κ3) is 4.60. The molecule has 0 aliphatic carbocycles. The van der Waals surface area contributed by atoms with Gasteiger partial charge in [-0.3, -0.25) is 14.5 Å². The number of hydrogen-bond donors (Lipinski definition) is 1. The molecular formula is C20H29N3O2. The van der Waals surface area contributed by atoms with E-state index in [2.05, 4.69) is 22.3 Å². The molecule has 0 spiro atoms. The zero-order valence-corrected chi connectivity index (χ0v) is 15.3. The van der Waals surface area contributed by atoms with Crippen LogP contribution in [0.15, 0.2) is 24.3 Å². The lowest BCUT2D eigenvalue weighted by atomic mass is 10.1. The molecule has 5 heteroatoms. The Hall–Kier alpha value is -1.88. The highest BCUT2D eigenvalue weighted by molar-refractivity contribution is 5.97. The summed E-state index contributed by atoms with van der Waals surface area (Å²) in [7, 11) is 0. The number of rotatable bonds is 5. The molecule has 1 atom stereocenters. The van der Waals surface area contributed by atoms with Gasteiger partial charge in [0.2, 0.25) is 11.8 Å². The topological polar surface area (TPSA) is 52.7 Å². The molecule has 2 fully saturated rings. The largest absolute Gasteiger partial charge is 0.339 e.